The van der Waals surface area contributed by atoms with E-state index in [1.54, 1.807) is 26.7 Å². The van der Waals surface area contributed by atoms with Gasteiger partial charge in [0.25, 0.3) is 0 Å². The van der Waals surface area contributed by atoms with Gasteiger partial charge < -0.3 is 19.4 Å². The lowest BCUT2D eigenvalue weighted by Crippen LogP contribution is -2.26. The van der Waals surface area contributed by atoms with E-state index in [0.29, 0.717) is 23.8 Å². The summed E-state index contributed by atoms with van der Waals surface area (Å²) < 4.78 is 12.4. The van der Waals surface area contributed by atoms with E-state index in [4.69, 9.17) is 9.47 Å². The molecule has 0 saturated heterocycles. The van der Waals surface area contributed by atoms with Crippen LogP contribution in [0.15, 0.2) is 41.8 Å². The van der Waals surface area contributed by atoms with E-state index in [2.05, 4.69) is 10.3 Å². The summed E-state index contributed by atoms with van der Waals surface area (Å²) in [6.07, 6.45) is 6.31. The predicted octanol–water partition coefficient (Wildman–Crippen LogP) is 2.20. The molecule has 0 unspecified atom stereocenters. The number of aryl methyl sites for hydroxylation is 1. The number of hydrogen-bond donors (Lipinski definition) is 1. The summed E-state index contributed by atoms with van der Waals surface area (Å²) in [4.78, 5) is 16.8. The standard InChI is InChI=1S/C16H21N3O3S/c1-21-14-5-4-13(10-15(14)22-2)23-11-16(20)18-6-3-8-19-9-7-17-12-19/h4-5,7,9-10,12H,3,6,8,11H2,1-2H3,(H,18,20). The lowest BCUT2D eigenvalue weighted by Gasteiger charge is -2.09. The van der Waals surface area contributed by atoms with Crippen molar-refractivity contribution in [1.82, 2.24) is 14.9 Å². The van der Waals surface area contributed by atoms with Crippen molar-refractivity contribution in [2.24, 2.45) is 0 Å². The Labute approximate surface area is 140 Å². The minimum absolute atomic E-state index is 0.0235. The molecule has 0 aliphatic carbocycles. The monoisotopic (exact) mass is 335 g/mol. The molecule has 23 heavy (non-hydrogen) atoms. The second-order valence-electron chi connectivity index (χ2n) is 4.81. The number of rotatable bonds is 9. The lowest BCUT2D eigenvalue weighted by atomic mass is 10.3. The average Bonchev–Trinajstić information content (AvgIpc) is 3.10. The fraction of sp³-hybridized carbons (Fsp3) is 0.375. The molecule has 0 fully saturated rings. The van der Waals surface area contributed by atoms with E-state index in [0.717, 1.165) is 17.9 Å². The highest BCUT2D eigenvalue weighted by molar-refractivity contribution is 8.00. The summed E-state index contributed by atoms with van der Waals surface area (Å²) in [7, 11) is 3.20. The number of amides is 1. The number of methoxy groups -OCH3 is 2. The first-order valence-electron chi connectivity index (χ1n) is 7.30. The van der Waals surface area contributed by atoms with Gasteiger partial charge in [-0.3, -0.25) is 4.79 Å². The molecule has 1 aromatic carbocycles. The van der Waals surface area contributed by atoms with Crippen LogP contribution in [-0.4, -0.2) is 42.0 Å². The predicted molar refractivity (Wildman–Crippen MR) is 90.1 cm³/mol. The zero-order chi connectivity index (χ0) is 16.5. The molecule has 0 radical (unpaired) electrons. The number of hydrogen-bond acceptors (Lipinski definition) is 5. The molecule has 2 aromatic rings. The SMILES string of the molecule is COc1ccc(SCC(=O)NCCCn2ccnc2)cc1OC. The third-order valence-corrected chi connectivity index (χ3v) is 4.19. The number of imidazole rings is 1. The van der Waals surface area contributed by atoms with E-state index < -0.39 is 0 Å². The second-order valence-corrected chi connectivity index (χ2v) is 5.86. The van der Waals surface area contributed by atoms with Gasteiger partial charge in [-0.05, 0) is 24.6 Å². The molecule has 0 spiro atoms. The molecule has 0 bridgehead atoms. The van der Waals surface area contributed by atoms with E-state index in [1.807, 2.05) is 29.0 Å². The van der Waals surface area contributed by atoms with Crippen LogP contribution in [0.2, 0.25) is 0 Å². The molecular formula is C16H21N3O3S. The highest BCUT2D eigenvalue weighted by atomic mass is 32.2. The summed E-state index contributed by atoms with van der Waals surface area (Å²) in [5.41, 5.74) is 0. The smallest absolute Gasteiger partial charge is 0.230 e. The van der Waals surface area contributed by atoms with Crippen molar-refractivity contribution in [3.05, 3.63) is 36.9 Å². The van der Waals surface area contributed by atoms with Crippen molar-refractivity contribution in [2.45, 2.75) is 17.9 Å². The number of benzene rings is 1. The molecule has 1 aromatic heterocycles. The fourth-order valence-corrected chi connectivity index (χ4v) is 2.77. The van der Waals surface area contributed by atoms with Gasteiger partial charge in [-0.2, -0.15) is 0 Å². The quantitative estimate of drug-likeness (QED) is 0.562. The number of carbonyl (C=O) groups is 1. The molecule has 6 nitrogen and oxygen atoms in total. The number of thioether (sulfide) groups is 1. The zero-order valence-electron chi connectivity index (χ0n) is 13.3. The van der Waals surface area contributed by atoms with Gasteiger partial charge in [0.1, 0.15) is 0 Å². The minimum atomic E-state index is 0.0235. The Hall–Kier alpha value is -2.15. The molecule has 1 heterocycles. The maximum absolute atomic E-state index is 11.8. The van der Waals surface area contributed by atoms with Gasteiger partial charge in [0, 0.05) is 30.4 Å². The van der Waals surface area contributed by atoms with E-state index in [9.17, 15) is 4.79 Å². The van der Waals surface area contributed by atoms with Gasteiger partial charge in [0.15, 0.2) is 11.5 Å². The Morgan fingerprint density at radius 1 is 1.30 bits per heavy atom. The normalized spacial score (nSPS) is 10.3. The first-order valence-corrected chi connectivity index (χ1v) is 8.28. The Balaban J connectivity index is 1.69. The minimum Gasteiger partial charge on any atom is -0.493 e. The molecule has 0 saturated carbocycles. The van der Waals surface area contributed by atoms with Gasteiger partial charge in [-0.15, -0.1) is 11.8 Å². The number of ether oxygens (including phenoxy) is 2. The summed E-state index contributed by atoms with van der Waals surface area (Å²) in [5.74, 6) is 1.75. The van der Waals surface area contributed by atoms with Gasteiger partial charge in [-0.1, -0.05) is 0 Å². The maximum Gasteiger partial charge on any atom is 0.230 e. The number of aromatic nitrogens is 2. The Bertz CT molecular complexity index is 617. The van der Waals surface area contributed by atoms with Crippen LogP contribution >= 0.6 is 11.8 Å². The van der Waals surface area contributed by atoms with Crippen molar-refractivity contribution < 1.29 is 14.3 Å². The molecule has 0 aliphatic rings. The molecule has 2 rings (SSSR count). The van der Waals surface area contributed by atoms with Crippen LogP contribution in [0.25, 0.3) is 0 Å². The van der Waals surface area contributed by atoms with Crippen molar-refractivity contribution in [1.29, 1.82) is 0 Å². The van der Waals surface area contributed by atoms with Crippen LogP contribution in [0.3, 0.4) is 0 Å². The van der Waals surface area contributed by atoms with E-state index in [-0.39, 0.29) is 5.91 Å². The van der Waals surface area contributed by atoms with Gasteiger partial charge >= 0.3 is 0 Å². The molecule has 0 aliphatic heterocycles. The number of nitrogens with zero attached hydrogens (tertiary/aromatic N) is 2. The van der Waals surface area contributed by atoms with E-state index >= 15 is 0 Å². The molecule has 1 N–H and O–H groups in total. The van der Waals surface area contributed by atoms with Crippen LogP contribution in [0.5, 0.6) is 11.5 Å². The average molecular weight is 335 g/mol. The van der Waals surface area contributed by atoms with Gasteiger partial charge in [0.2, 0.25) is 5.91 Å². The Morgan fingerprint density at radius 2 is 2.13 bits per heavy atom. The first-order chi connectivity index (χ1) is 11.2. The summed E-state index contributed by atoms with van der Waals surface area (Å²) >= 11 is 1.47. The summed E-state index contributed by atoms with van der Waals surface area (Å²) in [6.45, 7) is 1.51. The van der Waals surface area contributed by atoms with Crippen LogP contribution in [0.1, 0.15) is 6.42 Å². The molecule has 1 amide bonds. The molecule has 7 heteroatoms. The number of carbonyl (C=O) groups excluding carboxylic acids is 1. The van der Waals surface area contributed by atoms with Crippen molar-refractivity contribution in [3.63, 3.8) is 0 Å². The lowest BCUT2D eigenvalue weighted by molar-refractivity contribution is -0.118. The number of nitrogens with one attached hydrogen (secondary N) is 1. The molecule has 124 valence electrons. The third-order valence-electron chi connectivity index (χ3n) is 3.20. The summed E-state index contributed by atoms with van der Waals surface area (Å²) in [5, 5.41) is 2.92. The molecular weight excluding hydrogens is 314 g/mol. The van der Waals surface area contributed by atoms with Crippen LogP contribution < -0.4 is 14.8 Å². The van der Waals surface area contributed by atoms with Crippen molar-refractivity contribution >= 4 is 17.7 Å². The van der Waals surface area contributed by atoms with Crippen molar-refractivity contribution in [2.75, 3.05) is 26.5 Å². The zero-order valence-corrected chi connectivity index (χ0v) is 14.1. The Morgan fingerprint density at radius 3 is 2.83 bits per heavy atom. The summed E-state index contributed by atoms with van der Waals surface area (Å²) in [6, 6.07) is 5.62. The van der Waals surface area contributed by atoms with E-state index in [1.165, 1.54) is 11.8 Å². The Kier molecular flexibility index (Phi) is 6.80. The first kappa shape index (κ1) is 17.2. The topological polar surface area (TPSA) is 65.4 Å². The van der Waals surface area contributed by atoms with Crippen LogP contribution in [-0.2, 0) is 11.3 Å². The largest absolute Gasteiger partial charge is 0.493 e. The highest BCUT2D eigenvalue weighted by Gasteiger charge is 2.07. The van der Waals surface area contributed by atoms with Crippen molar-refractivity contribution in [3.8, 4) is 11.5 Å². The fourth-order valence-electron chi connectivity index (χ4n) is 2.01. The molecule has 0 atom stereocenters. The third kappa shape index (κ3) is 5.52. The van der Waals surface area contributed by atoms with Crippen LogP contribution in [0.4, 0.5) is 0 Å². The van der Waals surface area contributed by atoms with Gasteiger partial charge in [-0.25, -0.2) is 4.98 Å². The maximum atomic E-state index is 11.8. The van der Waals surface area contributed by atoms with Gasteiger partial charge in [0.05, 0.1) is 26.3 Å². The second kappa shape index (κ2) is 9.09. The highest BCUT2D eigenvalue weighted by Crippen LogP contribution is 2.31. The van der Waals surface area contributed by atoms with Crippen LogP contribution in [0, 0.1) is 0 Å².